The second-order valence-electron chi connectivity index (χ2n) is 12.0. The molecule has 1 aliphatic heterocycles. The predicted molar refractivity (Wildman–Crippen MR) is 162 cm³/mol. The monoisotopic (exact) mass is 595 g/mol. The Labute approximate surface area is 251 Å². The summed E-state index contributed by atoms with van der Waals surface area (Å²) in [5, 5.41) is 3.75. The molecule has 1 aromatic carbocycles. The molecule has 2 aromatic rings. The zero-order chi connectivity index (χ0) is 29.5. The summed E-state index contributed by atoms with van der Waals surface area (Å²) < 4.78 is 15.9. The van der Waals surface area contributed by atoms with Crippen molar-refractivity contribution in [2.45, 2.75) is 81.3 Å². The molecule has 3 atom stereocenters. The number of halogens is 1. The number of aromatic nitrogens is 1. The number of rotatable bonds is 9. The van der Waals surface area contributed by atoms with E-state index in [2.05, 4.69) is 15.0 Å². The van der Waals surface area contributed by atoms with Gasteiger partial charge in [-0.3, -0.25) is 19.1 Å². The molecule has 0 bridgehead atoms. The van der Waals surface area contributed by atoms with Gasteiger partial charge in [-0.1, -0.05) is 38.2 Å². The zero-order valence-electron chi connectivity index (χ0n) is 24.1. The van der Waals surface area contributed by atoms with Gasteiger partial charge in [-0.2, -0.15) is 0 Å². The van der Waals surface area contributed by atoms with Gasteiger partial charge in [0.05, 0.1) is 0 Å². The molecule has 1 aromatic heterocycles. The molecule has 226 valence electrons. The van der Waals surface area contributed by atoms with E-state index in [0.29, 0.717) is 41.6 Å². The number of carbonyl (C=O) groups excluding carboxylic acids is 3. The van der Waals surface area contributed by atoms with Crippen LogP contribution in [0.4, 0.5) is 10.1 Å². The van der Waals surface area contributed by atoms with E-state index in [9.17, 15) is 18.8 Å². The minimum atomic E-state index is -0.531. The molecule has 2 saturated carbocycles. The topological polar surface area (TPSA) is 117 Å². The minimum Gasteiger partial charge on any atom is -0.330 e. The fourth-order valence-corrected chi connectivity index (χ4v) is 7.67. The van der Waals surface area contributed by atoms with Crippen LogP contribution < -0.4 is 15.8 Å². The average molecular weight is 596 g/mol. The number of pyridine rings is 1. The molecule has 3 fully saturated rings. The first-order valence-corrected chi connectivity index (χ1v) is 16.2. The van der Waals surface area contributed by atoms with Gasteiger partial charge in [-0.15, -0.1) is 0 Å². The van der Waals surface area contributed by atoms with E-state index >= 15 is 0 Å². The van der Waals surface area contributed by atoms with Crippen molar-refractivity contribution in [3.63, 3.8) is 0 Å². The van der Waals surface area contributed by atoms with Crippen LogP contribution in [-0.4, -0.2) is 52.9 Å². The highest BCUT2D eigenvalue weighted by atomic mass is 32.2. The van der Waals surface area contributed by atoms with E-state index in [1.807, 2.05) is 23.1 Å². The zero-order valence-corrected chi connectivity index (χ0v) is 24.9. The van der Waals surface area contributed by atoms with Crippen molar-refractivity contribution in [3.8, 4) is 0 Å². The molecule has 1 saturated heterocycles. The summed E-state index contributed by atoms with van der Waals surface area (Å²) in [5.74, 6) is 0.189. The average Bonchev–Trinajstić information content (AvgIpc) is 3.50. The van der Waals surface area contributed by atoms with Crippen LogP contribution in [0, 0.1) is 23.7 Å². The quantitative estimate of drug-likeness (QED) is 0.336. The first kappa shape index (κ1) is 30.5. The molecule has 3 amide bonds. The lowest BCUT2D eigenvalue weighted by molar-refractivity contribution is -0.142. The number of nitrogens with two attached hydrogens (primary N) is 1. The number of amides is 3. The highest BCUT2D eigenvalue weighted by molar-refractivity contribution is 7.97. The molecule has 0 spiro atoms. The Balaban J connectivity index is 1.24. The second kappa shape index (κ2) is 14.5. The summed E-state index contributed by atoms with van der Waals surface area (Å²) in [5.41, 5.74) is 7.01. The van der Waals surface area contributed by atoms with E-state index < -0.39 is 18.8 Å². The van der Waals surface area contributed by atoms with Crippen molar-refractivity contribution in [1.82, 2.24) is 14.6 Å². The van der Waals surface area contributed by atoms with E-state index in [-0.39, 0.29) is 35.5 Å². The van der Waals surface area contributed by atoms with E-state index in [4.69, 9.17) is 5.73 Å². The van der Waals surface area contributed by atoms with Crippen molar-refractivity contribution in [1.29, 1.82) is 0 Å². The smallest absolute Gasteiger partial charge is 0.261 e. The molecule has 2 heterocycles. The van der Waals surface area contributed by atoms with Crippen LogP contribution in [-0.2, 0) is 9.59 Å². The largest absolute Gasteiger partial charge is 0.330 e. The fourth-order valence-electron chi connectivity index (χ4n) is 7.10. The Morgan fingerprint density at radius 2 is 1.71 bits per heavy atom. The number of anilines is 1. The predicted octanol–water partition coefficient (Wildman–Crippen LogP) is 5.36. The maximum absolute atomic E-state index is 13.9. The Kier molecular flexibility index (Phi) is 10.5. The number of nitrogens with zero attached hydrogens (tertiary/aromatic N) is 2. The lowest BCUT2D eigenvalue weighted by Crippen LogP contribution is -2.50. The first-order chi connectivity index (χ1) is 20.4. The maximum Gasteiger partial charge on any atom is 0.261 e. The van der Waals surface area contributed by atoms with Crippen LogP contribution in [0.2, 0.25) is 0 Å². The molecule has 4 N–H and O–H groups in total. The molecule has 10 heteroatoms. The lowest BCUT2D eigenvalue weighted by atomic mass is 9.76. The third-order valence-corrected chi connectivity index (χ3v) is 10.2. The summed E-state index contributed by atoms with van der Waals surface area (Å²) in [6.45, 7) is 0.0611. The Bertz CT molecular complexity index is 1200. The molecule has 3 aliphatic rings. The second-order valence-corrected chi connectivity index (χ2v) is 12.9. The van der Waals surface area contributed by atoms with Crippen LogP contribution in [0.25, 0.3) is 0 Å². The van der Waals surface area contributed by atoms with Gasteiger partial charge in [0, 0.05) is 47.9 Å². The van der Waals surface area contributed by atoms with Gasteiger partial charge in [0.15, 0.2) is 0 Å². The maximum atomic E-state index is 13.9. The van der Waals surface area contributed by atoms with Gasteiger partial charge in [0.25, 0.3) is 5.91 Å². The molecule has 0 unspecified atom stereocenters. The van der Waals surface area contributed by atoms with Gasteiger partial charge in [0.1, 0.15) is 17.7 Å². The number of likely N-dealkylation sites (tertiary alicyclic amines) is 1. The van der Waals surface area contributed by atoms with Gasteiger partial charge in [0.2, 0.25) is 11.8 Å². The lowest BCUT2D eigenvalue weighted by Gasteiger charge is -2.36. The van der Waals surface area contributed by atoms with Gasteiger partial charge in [-0.25, -0.2) is 9.37 Å². The third-order valence-electron chi connectivity index (χ3n) is 9.46. The van der Waals surface area contributed by atoms with Crippen molar-refractivity contribution in [3.05, 3.63) is 54.2 Å². The van der Waals surface area contributed by atoms with Crippen LogP contribution in [0.1, 0.15) is 74.6 Å². The van der Waals surface area contributed by atoms with E-state index in [1.54, 1.807) is 30.5 Å². The molecule has 5 rings (SSSR count). The van der Waals surface area contributed by atoms with Crippen LogP contribution in [0.5, 0.6) is 0 Å². The molecular weight excluding hydrogens is 553 g/mol. The summed E-state index contributed by atoms with van der Waals surface area (Å²) in [6, 6.07) is 11.3. The molecule has 8 nitrogen and oxygen atoms in total. The number of alkyl halides is 1. The molecule has 0 radical (unpaired) electrons. The van der Waals surface area contributed by atoms with Gasteiger partial charge >= 0.3 is 0 Å². The third kappa shape index (κ3) is 7.32. The van der Waals surface area contributed by atoms with E-state index in [1.165, 1.54) is 19.3 Å². The highest BCUT2D eigenvalue weighted by Gasteiger charge is 2.47. The number of benzene rings is 1. The molecule has 42 heavy (non-hydrogen) atoms. The number of hydrogen-bond donors (Lipinski definition) is 3. The number of carbonyl (C=O) groups is 3. The van der Waals surface area contributed by atoms with Crippen molar-refractivity contribution >= 4 is 35.4 Å². The van der Waals surface area contributed by atoms with Crippen LogP contribution >= 0.6 is 11.9 Å². The summed E-state index contributed by atoms with van der Waals surface area (Å²) in [4.78, 5) is 46.3. The van der Waals surface area contributed by atoms with Gasteiger partial charge < -0.3 is 16.0 Å². The van der Waals surface area contributed by atoms with Crippen molar-refractivity contribution in [2.75, 3.05) is 18.5 Å². The Morgan fingerprint density at radius 1 is 0.976 bits per heavy atom. The highest BCUT2D eigenvalue weighted by Crippen LogP contribution is 2.41. The first-order valence-electron chi connectivity index (χ1n) is 15.4. The fraction of sp³-hybridized carbons (Fsp3) is 0.562. The van der Waals surface area contributed by atoms with Crippen LogP contribution in [0.15, 0.2) is 53.7 Å². The van der Waals surface area contributed by atoms with Gasteiger partial charge in [-0.05, 0) is 86.3 Å². The summed E-state index contributed by atoms with van der Waals surface area (Å²) >= 11 is 1.15. The SMILES string of the molecule is N[C@H](CF)[C@H]1CC[C@H](C(=O)N2CC[C@@H](C3CCCCC3)[C@H]2C(=O)Nc2ccc(C(=O)NSc3ccccn3)cc2)CC1. The Morgan fingerprint density at radius 3 is 2.38 bits per heavy atom. The summed E-state index contributed by atoms with van der Waals surface area (Å²) in [7, 11) is 0. The van der Waals surface area contributed by atoms with Crippen molar-refractivity contribution in [2.24, 2.45) is 29.4 Å². The molecular formula is C32H42FN5O3S. The number of hydrogen-bond acceptors (Lipinski definition) is 6. The Hall–Kier alpha value is -2.98. The normalized spacial score (nSPS) is 25.5. The van der Waals surface area contributed by atoms with E-state index in [0.717, 1.165) is 44.1 Å². The standard InChI is InChI=1S/C32H42FN5O3S/c33-20-27(34)22-9-11-24(12-10-22)32(41)38-19-17-26(21-6-2-1-3-7-21)29(38)31(40)36-25-15-13-23(14-16-25)30(39)37-42-28-8-4-5-18-35-28/h4-5,8,13-16,18,21-22,24,26-27,29H,1-3,6-7,9-12,17,19-20,34H2,(H,36,40)(H,37,39)/t22-,24-,26-,27+,29-/m0/s1. The molecule has 2 aliphatic carbocycles. The summed E-state index contributed by atoms with van der Waals surface area (Å²) in [6.07, 6.45) is 11.2. The number of nitrogens with one attached hydrogen (secondary N) is 2. The minimum absolute atomic E-state index is 0.0538. The van der Waals surface area contributed by atoms with Crippen molar-refractivity contribution < 1.29 is 18.8 Å². The van der Waals surface area contributed by atoms with Crippen LogP contribution in [0.3, 0.4) is 0 Å².